The van der Waals surface area contributed by atoms with Gasteiger partial charge in [0.2, 0.25) is 0 Å². The van der Waals surface area contributed by atoms with E-state index in [9.17, 15) is 0 Å². The molecule has 0 radical (unpaired) electrons. The van der Waals surface area contributed by atoms with Crippen LogP contribution in [0.2, 0.25) is 5.02 Å². The van der Waals surface area contributed by atoms with Crippen LogP contribution in [0.15, 0.2) is 35.9 Å². The molecule has 3 heteroatoms. The molecule has 1 fully saturated rings. The van der Waals surface area contributed by atoms with Crippen molar-refractivity contribution in [2.75, 3.05) is 19.6 Å². The van der Waals surface area contributed by atoms with Crippen molar-refractivity contribution in [1.82, 2.24) is 10.2 Å². The molecule has 116 valence electrons. The first-order chi connectivity index (χ1) is 10.1. The Hall–Kier alpha value is -0.830. The zero-order valence-corrected chi connectivity index (χ0v) is 14.2. The number of likely N-dealkylation sites (tertiary alicyclic amines) is 1. The second-order valence-electron chi connectivity index (χ2n) is 6.27. The fraction of sp³-hybridized carbons (Fsp3) is 0.556. The quantitative estimate of drug-likeness (QED) is 0.810. The van der Waals surface area contributed by atoms with Crippen LogP contribution in [0, 0.1) is 0 Å². The highest BCUT2D eigenvalue weighted by atomic mass is 35.5. The summed E-state index contributed by atoms with van der Waals surface area (Å²) >= 11 is 6.28. The van der Waals surface area contributed by atoms with Crippen molar-refractivity contribution < 1.29 is 0 Å². The second kappa shape index (κ2) is 7.98. The lowest BCUT2D eigenvalue weighted by Gasteiger charge is -2.33. The monoisotopic (exact) mass is 306 g/mol. The van der Waals surface area contributed by atoms with Crippen LogP contribution in [0.25, 0.3) is 0 Å². The fourth-order valence-corrected chi connectivity index (χ4v) is 3.16. The van der Waals surface area contributed by atoms with Crippen molar-refractivity contribution in [3.8, 4) is 0 Å². The van der Waals surface area contributed by atoms with Crippen LogP contribution in [0.1, 0.15) is 45.2 Å². The Morgan fingerprint density at radius 1 is 1.33 bits per heavy atom. The predicted octanol–water partition coefficient (Wildman–Crippen LogP) is 4.42. The first-order valence-corrected chi connectivity index (χ1v) is 8.30. The number of nitrogens with zero attached hydrogens (tertiary/aromatic N) is 1. The standard InChI is InChI=1S/C18H27ClN2/c1-14(2)8-11-21-12-9-16(10-13-21)20-15(3)17-6-4-5-7-18(17)19/h4-8,15-16,20H,9-13H2,1-3H3/t15-/m1/s1. The molecule has 0 amide bonds. The van der Waals surface area contributed by atoms with Gasteiger partial charge in [0.05, 0.1) is 0 Å². The summed E-state index contributed by atoms with van der Waals surface area (Å²) in [4.78, 5) is 2.53. The Kier molecular flexibility index (Phi) is 6.28. The Morgan fingerprint density at radius 2 is 2.00 bits per heavy atom. The van der Waals surface area contributed by atoms with Crippen molar-refractivity contribution in [3.05, 3.63) is 46.5 Å². The summed E-state index contributed by atoms with van der Waals surface area (Å²) in [5.41, 5.74) is 2.61. The molecule has 1 aromatic carbocycles. The van der Waals surface area contributed by atoms with E-state index in [4.69, 9.17) is 11.6 Å². The van der Waals surface area contributed by atoms with Crippen LogP contribution in [-0.4, -0.2) is 30.6 Å². The predicted molar refractivity (Wildman–Crippen MR) is 91.9 cm³/mol. The molecule has 1 heterocycles. The topological polar surface area (TPSA) is 15.3 Å². The molecule has 0 spiro atoms. The molecule has 2 rings (SSSR count). The minimum atomic E-state index is 0.313. The molecule has 2 nitrogen and oxygen atoms in total. The molecule has 1 saturated heterocycles. The van der Waals surface area contributed by atoms with Crippen LogP contribution in [0.3, 0.4) is 0 Å². The molecular formula is C18H27ClN2. The number of rotatable bonds is 5. The second-order valence-corrected chi connectivity index (χ2v) is 6.67. The molecule has 0 bridgehead atoms. The summed E-state index contributed by atoms with van der Waals surface area (Å²) in [6.07, 6.45) is 4.75. The van der Waals surface area contributed by atoms with Gasteiger partial charge in [-0.25, -0.2) is 0 Å². The molecule has 0 unspecified atom stereocenters. The van der Waals surface area contributed by atoms with Gasteiger partial charge in [-0.3, -0.25) is 4.90 Å². The molecule has 1 aliphatic heterocycles. The number of allylic oxidation sites excluding steroid dienone is 1. The SMILES string of the molecule is CC(C)=CCN1CCC(N[C@H](C)c2ccccc2Cl)CC1. The Bertz CT molecular complexity index is 472. The maximum Gasteiger partial charge on any atom is 0.0453 e. The average Bonchev–Trinajstić information content (AvgIpc) is 2.47. The Labute approximate surface area is 134 Å². The number of benzene rings is 1. The van der Waals surface area contributed by atoms with Crippen LogP contribution in [0.4, 0.5) is 0 Å². The summed E-state index contributed by atoms with van der Waals surface area (Å²) in [6.45, 7) is 9.98. The summed E-state index contributed by atoms with van der Waals surface area (Å²) in [5, 5.41) is 4.59. The van der Waals surface area contributed by atoms with Crippen molar-refractivity contribution >= 4 is 11.6 Å². The van der Waals surface area contributed by atoms with Crippen molar-refractivity contribution in [1.29, 1.82) is 0 Å². The fourth-order valence-electron chi connectivity index (χ4n) is 2.86. The van der Waals surface area contributed by atoms with E-state index in [2.05, 4.69) is 49.2 Å². The maximum absolute atomic E-state index is 6.28. The molecule has 0 saturated carbocycles. The van der Waals surface area contributed by atoms with Gasteiger partial charge in [0.25, 0.3) is 0 Å². The lowest BCUT2D eigenvalue weighted by atomic mass is 10.0. The molecule has 0 aliphatic carbocycles. The molecule has 1 N–H and O–H groups in total. The van der Waals surface area contributed by atoms with Gasteiger partial charge < -0.3 is 5.32 Å². The van der Waals surface area contributed by atoms with Gasteiger partial charge in [0.15, 0.2) is 0 Å². The van der Waals surface area contributed by atoms with Crippen molar-refractivity contribution in [2.24, 2.45) is 0 Å². The average molecular weight is 307 g/mol. The molecule has 0 aromatic heterocycles. The maximum atomic E-state index is 6.28. The van der Waals surface area contributed by atoms with Gasteiger partial charge in [0, 0.05) is 23.7 Å². The lowest BCUT2D eigenvalue weighted by molar-refractivity contribution is 0.208. The summed E-state index contributed by atoms with van der Waals surface area (Å²) in [7, 11) is 0. The van der Waals surface area contributed by atoms with E-state index in [1.54, 1.807) is 0 Å². The third kappa shape index (κ3) is 5.14. The van der Waals surface area contributed by atoms with Gasteiger partial charge in [-0.05, 0) is 58.3 Å². The normalized spacial score (nSPS) is 18.5. The van der Waals surface area contributed by atoms with E-state index in [1.165, 1.54) is 37.1 Å². The Balaban J connectivity index is 1.81. The highest BCUT2D eigenvalue weighted by molar-refractivity contribution is 6.31. The minimum Gasteiger partial charge on any atom is -0.307 e. The van der Waals surface area contributed by atoms with Gasteiger partial charge in [-0.15, -0.1) is 0 Å². The highest BCUT2D eigenvalue weighted by Crippen LogP contribution is 2.24. The third-order valence-corrected chi connectivity index (χ3v) is 4.55. The summed E-state index contributed by atoms with van der Waals surface area (Å²) in [6, 6.07) is 9.04. The first-order valence-electron chi connectivity index (χ1n) is 7.92. The van der Waals surface area contributed by atoms with Crippen molar-refractivity contribution in [2.45, 2.75) is 45.7 Å². The van der Waals surface area contributed by atoms with E-state index < -0.39 is 0 Å². The zero-order valence-electron chi connectivity index (χ0n) is 13.4. The minimum absolute atomic E-state index is 0.313. The lowest BCUT2D eigenvalue weighted by Crippen LogP contribution is -2.43. The van der Waals surface area contributed by atoms with E-state index >= 15 is 0 Å². The molecule has 1 atom stereocenters. The van der Waals surface area contributed by atoms with E-state index in [1.807, 2.05) is 12.1 Å². The largest absolute Gasteiger partial charge is 0.307 e. The van der Waals surface area contributed by atoms with Crippen LogP contribution in [0.5, 0.6) is 0 Å². The highest BCUT2D eigenvalue weighted by Gasteiger charge is 2.20. The molecule has 21 heavy (non-hydrogen) atoms. The van der Waals surface area contributed by atoms with E-state index in [0.29, 0.717) is 12.1 Å². The number of halogens is 1. The van der Waals surface area contributed by atoms with Gasteiger partial charge in [0.1, 0.15) is 0 Å². The van der Waals surface area contributed by atoms with E-state index in [0.717, 1.165) is 11.6 Å². The number of hydrogen-bond acceptors (Lipinski definition) is 2. The van der Waals surface area contributed by atoms with Crippen LogP contribution in [-0.2, 0) is 0 Å². The molecule has 1 aliphatic rings. The van der Waals surface area contributed by atoms with Gasteiger partial charge >= 0.3 is 0 Å². The number of nitrogens with one attached hydrogen (secondary N) is 1. The van der Waals surface area contributed by atoms with Gasteiger partial charge in [-0.1, -0.05) is 41.4 Å². The summed E-state index contributed by atoms with van der Waals surface area (Å²) < 4.78 is 0. The number of hydrogen-bond donors (Lipinski definition) is 1. The first kappa shape index (κ1) is 16.5. The van der Waals surface area contributed by atoms with Crippen LogP contribution < -0.4 is 5.32 Å². The van der Waals surface area contributed by atoms with Gasteiger partial charge in [-0.2, -0.15) is 0 Å². The third-order valence-electron chi connectivity index (χ3n) is 4.20. The summed E-state index contributed by atoms with van der Waals surface area (Å²) in [5.74, 6) is 0. The number of piperidine rings is 1. The zero-order chi connectivity index (χ0) is 15.2. The van der Waals surface area contributed by atoms with E-state index in [-0.39, 0.29) is 0 Å². The Morgan fingerprint density at radius 3 is 2.62 bits per heavy atom. The molecule has 1 aromatic rings. The van der Waals surface area contributed by atoms with Crippen LogP contribution >= 0.6 is 11.6 Å². The molecular weight excluding hydrogens is 280 g/mol. The smallest absolute Gasteiger partial charge is 0.0453 e. The van der Waals surface area contributed by atoms with Crippen molar-refractivity contribution in [3.63, 3.8) is 0 Å².